The second-order valence-electron chi connectivity index (χ2n) is 9.38. The molecule has 2 heterocycles. The molecular formula is C30H31N3O6. The van der Waals surface area contributed by atoms with Gasteiger partial charge >= 0.3 is 5.69 Å². The summed E-state index contributed by atoms with van der Waals surface area (Å²) in [6, 6.07) is 26.3. The molecule has 0 unspecified atom stereocenters. The zero-order chi connectivity index (χ0) is 27.4. The summed E-state index contributed by atoms with van der Waals surface area (Å²) in [4.78, 5) is 26.2. The highest BCUT2D eigenvalue weighted by atomic mass is 16.6. The van der Waals surface area contributed by atoms with Crippen LogP contribution in [0.3, 0.4) is 0 Å². The zero-order valence-corrected chi connectivity index (χ0v) is 21.8. The van der Waals surface area contributed by atoms with Crippen molar-refractivity contribution in [3.8, 4) is 11.5 Å². The Labute approximate surface area is 225 Å². The molecule has 1 aliphatic rings. The van der Waals surface area contributed by atoms with Gasteiger partial charge in [0, 0.05) is 12.3 Å². The lowest BCUT2D eigenvalue weighted by Gasteiger charge is -2.37. The second-order valence-corrected chi connectivity index (χ2v) is 9.38. The van der Waals surface area contributed by atoms with Crippen molar-refractivity contribution < 1.29 is 18.9 Å². The topological polar surface area (TPSA) is 118 Å². The summed E-state index contributed by atoms with van der Waals surface area (Å²) in [6.45, 7) is 0.190. The molecule has 3 aromatic carbocycles. The molecule has 3 atom stereocenters. The summed E-state index contributed by atoms with van der Waals surface area (Å²) in [5.41, 5.74) is 7.06. The summed E-state index contributed by atoms with van der Waals surface area (Å²) in [5.74, 6) is 1.46. The van der Waals surface area contributed by atoms with Crippen molar-refractivity contribution in [2.24, 2.45) is 5.73 Å². The van der Waals surface area contributed by atoms with E-state index in [1.165, 1.54) is 16.8 Å². The maximum Gasteiger partial charge on any atom is 0.330 e. The van der Waals surface area contributed by atoms with Gasteiger partial charge in [0.1, 0.15) is 17.1 Å². The molecule has 202 valence electrons. The normalized spacial score (nSPS) is 19.1. The largest absolute Gasteiger partial charge is 0.497 e. The highest BCUT2D eigenvalue weighted by Crippen LogP contribution is 2.42. The highest BCUT2D eigenvalue weighted by Gasteiger charge is 2.41. The molecule has 0 bridgehead atoms. The van der Waals surface area contributed by atoms with Crippen molar-refractivity contribution in [2.45, 2.75) is 30.4 Å². The fourth-order valence-corrected chi connectivity index (χ4v) is 5.07. The van der Waals surface area contributed by atoms with Crippen LogP contribution < -0.4 is 26.5 Å². The number of hydrogen-bond donors (Lipinski definition) is 2. The molecule has 9 nitrogen and oxygen atoms in total. The quantitative estimate of drug-likeness (QED) is 0.320. The number of nitrogens with two attached hydrogens (primary N) is 1. The van der Waals surface area contributed by atoms with E-state index in [2.05, 4.69) is 4.98 Å². The third-order valence-electron chi connectivity index (χ3n) is 7.02. The first-order chi connectivity index (χ1) is 18.9. The van der Waals surface area contributed by atoms with E-state index in [0.29, 0.717) is 6.42 Å². The van der Waals surface area contributed by atoms with Crippen LogP contribution in [0.25, 0.3) is 0 Å². The molecule has 3 N–H and O–H groups in total. The van der Waals surface area contributed by atoms with Gasteiger partial charge in [-0.05, 0) is 47.4 Å². The van der Waals surface area contributed by atoms with Gasteiger partial charge in [0.15, 0.2) is 6.23 Å². The number of H-pyrrole nitrogens is 1. The Morgan fingerprint density at radius 1 is 0.872 bits per heavy atom. The second kappa shape index (κ2) is 11.3. The van der Waals surface area contributed by atoms with Gasteiger partial charge in [-0.15, -0.1) is 0 Å². The van der Waals surface area contributed by atoms with Crippen molar-refractivity contribution in [3.05, 3.63) is 129 Å². The number of nitrogens with zero attached hydrogens (tertiary/aromatic N) is 1. The Morgan fingerprint density at radius 3 is 1.97 bits per heavy atom. The van der Waals surface area contributed by atoms with Crippen LogP contribution in [0.15, 0.2) is 101 Å². The fraction of sp³-hybridized carbons (Fsp3) is 0.267. The molecule has 1 aromatic heterocycles. The Hall–Kier alpha value is -4.18. The minimum Gasteiger partial charge on any atom is -0.497 e. The lowest BCUT2D eigenvalue weighted by Crippen LogP contribution is -2.37. The van der Waals surface area contributed by atoms with Crippen LogP contribution in [0.2, 0.25) is 0 Å². The molecule has 5 rings (SSSR count). The maximum atomic E-state index is 12.4. The van der Waals surface area contributed by atoms with E-state index in [-0.39, 0.29) is 6.61 Å². The number of nitrogens with one attached hydrogen (secondary N) is 1. The Kier molecular flexibility index (Phi) is 7.65. The van der Waals surface area contributed by atoms with Gasteiger partial charge < -0.3 is 24.7 Å². The molecular weight excluding hydrogens is 498 g/mol. The summed E-state index contributed by atoms with van der Waals surface area (Å²) in [7, 11) is 3.26. The summed E-state index contributed by atoms with van der Waals surface area (Å²) >= 11 is 0. The molecule has 39 heavy (non-hydrogen) atoms. The molecule has 0 aliphatic carbocycles. The van der Waals surface area contributed by atoms with Crippen molar-refractivity contribution in [2.75, 3.05) is 20.8 Å². The van der Waals surface area contributed by atoms with Crippen LogP contribution in [0.5, 0.6) is 11.5 Å². The molecule has 1 fully saturated rings. The number of hydrogen-bond acceptors (Lipinski definition) is 7. The highest BCUT2D eigenvalue weighted by molar-refractivity contribution is 5.49. The first-order valence-electron chi connectivity index (χ1n) is 12.7. The average Bonchev–Trinajstić information content (AvgIpc) is 3.34. The van der Waals surface area contributed by atoms with Gasteiger partial charge in [-0.3, -0.25) is 14.3 Å². The molecule has 9 heteroatoms. The number of aromatic amines is 1. The van der Waals surface area contributed by atoms with Gasteiger partial charge in [-0.25, -0.2) is 4.79 Å². The average molecular weight is 530 g/mol. The third kappa shape index (κ3) is 5.24. The zero-order valence-electron chi connectivity index (χ0n) is 21.8. The molecule has 1 aliphatic heterocycles. The van der Waals surface area contributed by atoms with Crippen LogP contribution in [0.1, 0.15) is 29.3 Å². The van der Waals surface area contributed by atoms with Crippen LogP contribution in [-0.2, 0) is 15.1 Å². The van der Waals surface area contributed by atoms with E-state index in [9.17, 15) is 9.59 Å². The van der Waals surface area contributed by atoms with Crippen molar-refractivity contribution in [1.29, 1.82) is 0 Å². The molecule has 0 spiro atoms. The number of benzene rings is 3. The minimum absolute atomic E-state index is 0.190. The van der Waals surface area contributed by atoms with E-state index >= 15 is 0 Å². The SMILES string of the molecule is COc1ccc(C(OC[C@@H]2C[C@@H](N)[C@H](n3ccc(=O)[nH]c3=O)O2)(c2ccccc2)c2ccc(OC)cc2)cc1. The molecule has 1 saturated heterocycles. The summed E-state index contributed by atoms with van der Waals surface area (Å²) < 4.78 is 25.2. The van der Waals surface area contributed by atoms with Crippen LogP contribution in [0, 0.1) is 0 Å². The lowest BCUT2D eigenvalue weighted by atomic mass is 9.80. The van der Waals surface area contributed by atoms with E-state index in [0.717, 1.165) is 28.2 Å². The molecule has 0 amide bonds. The van der Waals surface area contributed by atoms with Crippen LogP contribution >= 0.6 is 0 Å². The predicted octanol–water partition coefficient (Wildman–Crippen LogP) is 3.18. The monoisotopic (exact) mass is 529 g/mol. The third-order valence-corrected chi connectivity index (χ3v) is 7.02. The maximum absolute atomic E-state index is 12.4. The first kappa shape index (κ1) is 26.4. The van der Waals surface area contributed by atoms with E-state index in [1.807, 2.05) is 78.9 Å². The van der Waals surface area contributed by atoms with Gasteiger partial charge in [-0.1, -0.05) is 54.6 Å². The van der Waals surface area contributed by atoms with Gasteiger partial charge in [0.2, 0.25) is 0 Å². The van der Waals surface area contributed by atoms with Crippen LogP contribution in [0.4, 0.5) is 0 Å². The predicted molar refractivity (Wildman–Crippen MR) is 146 cm³/mol. The van der Waals surface area contributed by atoms with E-state index in [4.69, 9.17) is 24.7 Å². The molecule has 0 saturated carbocycles. The fourth-order valence-electron chi connectivity index (χ4n) is 5.07. The Morgan fingerprint density at radius 2 is 1.44 bits per heavy atom. The number of rotatable bonds is 9. The smallest absolute Gasteiger partial charge is 0.330 e. The standard InChI is InChI=1S/C30H31N3O6/c1-36-23-12-8-21(9-13-23)30(20-6-4-3-5-7-20,22-10-14-24(37-2)15-11-22)38-19-25-18-26(31)28(39-25)33-17-16-27(34)32-29(33)35/h3-17,25-26,28H,18-19,31H2,1-2H3,(H,32,34,35)/t25-,26+,28+/m0/s1. The van der Waals surface area contributed by atoms with Gasteiger partial charge in [0.05, 0.1) is 33.0 Å². The Balaban J connectivity index is 1.53. The number of ether oxygens (including phenoxy) is 4. The van der Waals surface area contributed by atoms with Crippen LogP contribution in [-0.4, -0.2) is 42.5 Å². The van der Waals surface area contributed by atoms with Crippen molar-refractivity contribution in [3.63, 3.8) is 0 Å². The van der Waals surface area contributed by atoms with Gasteiger partial charge in [0.25, 0.3) is 5.56 Å². The first-order valence-corrected chi connectivity index (χ1v) is 12.7. The molecule has 0 radical (unpaired) electrons. The lowest BCUT2D eigenvalue weighted by molar-refractivity contribution is -0.0785. The van der Waals surface area contributed by atoms with E-state index in [1.54, 1.807) is 14.2 Å². The number of methoxy groups -OCH3 is 2. The van der Waals surface area contributed by atoms with Crippen molar-refractivity contribution in [1.82, 2.24) is 9.55 Å². The minimum atomic E-state index is -1.000. The van der Waals surface area contributed by atoms with Gasteiger partial charge in [-0.2, -0.15) is 0 Å². The summed E-state index contributed by atoms with van der Waals surface area (Å²) in [6.07, 6.45) is 0.740. The number of aromatic nitrogens is 2. The molecule has 4 aromatic rings. The van der Waals surface area contributed by atoms with Crippen molar-refractivity contribution >= 4 is 0 Å². The van der Waals surface area contributed by atoms with E-state index < -0.39 is 35.2 Å². The summed E-state index contributed by atoms with van der Waals surface area (Å²) in [5, 5.41) is 0. The Bertz CT molecular complexity index is 1450.